The molecule has 0 aromatic carbocycles. The predicted molar refractivity (Wildman–Crippen MR) is 64.2 cm³/mol. The number of nitrogens with one attached hydrogen (secondary N) is 1. The fourth-order valence-corrected chi connectivity index (χ4v) is 1.35. The van der Waals surface area contributed by atoms with Gasteiger partial charge in [-0.25, -0.2) is 15.0 Å². The van der Waals surface area contributed by atoms with Crippen LogP contribution in [0.4, 0.5) is 5.95 Å². The molecule has 0 aliphatic carbocycles. The van der Waals surface area contributed by atoms with Crippen molar-refractivity contribution in [2.24, 2.45) is 0 Å². The maximum absolute atomic E-state index is 11.7. The van der Waals surface area contributed by atoms with Gasteiger partial charge in [-0.05, 0) is 12.1 Å². The van der Waals surface area contributed by atoms with Gasteiger partial charge in [-0.3, -0.25) is 10.1 Å². The molecule has 0 aliphatic heterocycles. The number of pyridine rings is 1. The molecule has 0 fully saturated rings. The second kappa shape index (κ2) is 5.07. The van der Waals surface area contributed by atoms with Gasteiger partial charge in [0.1, 0.15) is 5.15 Å². The van der Waals surface area contributed by atoms with E-state index in [1.807, 2.05) is 0 Å². The molecule has 5 nitrogen and oxygen atoms in total. The number of halogens is 2. The summed E-state index contributed by atoms with van der Waals surface area (Å²) in [4.78, 5) is 23.2. The molecule has 0 spiro atoms. The highest BCUT2D eigenvalue weighted by molar-refractivity contribution is 6.41. The molecule has 0 aliphatic rings. The van der Waals surface area contributed by atoms with Crippen LogP contribution >= 0.6 is 23.2 Å². The van der Waals surface area contributed by atoms with Gasteiger partial charge in [-0.15, -0.1) is 0 Å². The number of anilines is 1. The number of amides is 1. The standard InChI is InChI=1S/C10H6Cl2N4O/c11-7-4-6(5-15-8(7)12)9(17)16-10-13-2-1-3-14-10/h1-5H,(H,13,14,16,17). The average molecular weight is 269 g/mol. The average Bonchev–Trinajstić information content (AvgIpc) is 2.34. The van der Waals surface area contributed by atoms with Crippen LogP contribution in [0.5, 0.6) is 0 Å². The van der Waals surface area contributed by atoms with Gasteiger partial charge in [-0.2, -0.15) is 0 Å². The third-order valence-electron chi connectivity index (χ3n) is 1.85. The number of rotatable bonds is 2. The fraction of sp³-hybridized carbons (Fsp3) is 0. The highest BCUT2D eigenvalue weighted by atomic mass is 35.5. The first kappa shape index (κ1) is 11.8. The van der Waals surface area contributed by atoms with Crippen molar-refractivity contribution in [1.82, 2.24) is 15.0 Å². The Bertz CT molecular complexity index is 547. The SMILES string of the molecule is O=C(Nc1ncccn1)c1cnc(Cl)c(Cl)c1. The molecule has 0 unspecified atom stereocenters. The smallest absolute Gasteiger partial charge is 0.259 e. The molecule has 0 atom stereocenters. The van der Waals surface area contributed by atoms with Gasteiger partial charge < -0.3 is 0 Å². The zero-order valence-corrected chi connectivity index (χ0v) is 9.90. The van der Waals surface area contributed by atoms with E-state index in [2.05, 4.69) is 20.3 Å². The van der Waals surface area contributed by atoms with Gasteiger partial charge in [0.05, 0.1) is 10.6 Å². The number of carbonyl (C=O) groups is 1. The lowest BCUT2D eigenvalue weighted by Gasteiger charge is -2.03. The minimum atomic E-state index is -0.401. The number of hydrogen-bond acceptors (Lipinski definition) is 4. The first-order valence-electron chi connectivity index (χ1n) is 4.56. The molecule has 86 valence electrons. The van der Waals surface area contributed by atoms with Crippen LogP contribution in [-0.4, -0.2) is 20.9 Å². The highest BCUT2D eigenvalue weighted by Crippen LogP contribution is 2.19. The van der Waals surface area contributed by atoms with Gasteiger partial charge >= 0.3 is 0 Å². The Morgan fingerprint density at radius 2 is 1.88 bits per heavy atom. The number of aromatic nitrogens is 3. The van der Waals surface area contributed by atoms with Crippen LogP contribution in [0.25, 0.3) is 0 Å². The van der Waals surface area contributed by atoms with E-state index in [1.165, 1.54) is 24.7 Å². The van der Waals surface area contributed by atoms with E-state index >= 15 is 0 Å². The first-order valence-corrected chi connectivity index (χ1v) is 5.32. The Morgan fingerprint density at radius 3 is 2.53 bits per heavy atom. The summed E-state index contributed by atoms with van der Waals surface area (Å²) < 4.78 is 0. The van der Waals surface area contributed by atoms with Gasteiger partial charge in [-0.1, -0.05) is 23.2 Å². The van der Waals surface area contributed by atoms with E-state index in [-0.39, 0.29) is 21.7 Å². The summed E-state index contributed by atoms with van der Waals surface area (Å²) in [7, 11) is 0. The summed E-state index contributed by atoms with van der Waals surface area (Å²) in [6.07, 6.45) is 4.37. The van der Waals surface area contributed by atoms with Crippen LogP contribution in [0.15, 0.2) is 30.7 Å². The van der Waals surface area contributed by atoms with Crippen LogP contribution in [0, 0.1) is 0 Å². The van der Waals surface area contributed by atoms with Gasteiger partial charge in [0.2, 0.25) is 5.95 Å². The van der Waals surface area contributed by atoms with Crippen molar-refractivity contribution in [3.8, 4) is 0 Å². The van der Waals surface area contributed by atoms with Crippen molar-refractivity contribution < 1.29 is 4.79 Å². The third kappa shape index (κ3) is 2.89. The van der Waals surface area contributed by atoms with E-state index in [0.29, 0.717) is 0 Å². The largest absolute Gasteiger partial charge is 0.290 e. The topological polar surface area (TPSA) is 67.8 Å². The maximum atomic E-state index is 11.7. The summed E-state index contributed by atoms with van der Waals surface area (Å²) >= 11 is 11.4. The van der Waals surface area contributed by atoms with Crippen molar-refractivity contribution in [2.45, 2.75) is 0 Å². The molecule has 17 heavy (non-hydrogen) atoms. The fourth-order valence-electron chi connectivity index (χ4n) is 1.08. The van der Waals surface area contributed by atoms with Gasteiger partial charge in [0.15, 0.2) is 0 Å². The molecule has 1 amide bonds. The van der Waals surface area contributed by atoms with Crippen LogP contribution in [-0.2, 0) is 0 Å². The van der Waals surface area contributed by atoms with E-state index in [1.54, 1.807) is 6.07 Å². The lowest BCUT2D eigenvalue weighted by Crippen LogP contribution is -2.14. The monoisotopic (exact) mass is 268 g/mol. The van der Waals surface area contributed by atoms with E-state index in [9.17, 15) is 4.79 Å². The normalized spacial score (nSPS) is 10.0. The third-order valence-corrected chi connectivity index (χ3v) is 2.54. The molecular weight excluding hydrogens is 263 g/mol. The minimum absolute atomic E-state index is 0.152. The number of carbonyl (C=O) groups excluding carboxylic acids is 1. The summed E-state index contributed by atoms with van der Waals surface area (Å²) in [6.45, 7) is 0. The zero-order valence-electron chi connectivity index (χ0n) is 8.39. The van der Waals surface area contributed by atoms with Gasteiger partial charge in [0, 0.05) is 18.6 Å². The lowest BCUT2D eigenvalue weighted by atomic mass is 10.3. The summed E-state index contributed by atoms with van der Waals surface area (Å²) in [5, 5.41) is 2.87. The van der Waals surface area contributed by atoms with Crippen LogP contribution in [0.1, 0.15) is 10.4 Å². The van der Waals surface area contributed by atoms with Crippen LogP contribution < -0.4 is 5.32 Å². The molecule has 2 rings (SSSR count). The maximum Gasteiger partial charge on any atom is 0.259 e. The van der Waals surface area contributed by atoms with Crippen LogP contribution in [0.2, 0.25) is 10.2 Å². The van der Waals surface area contributed by atoms with Crippen molar-refractivity contribution >= 4 is 35.1 Å². The minimum Gasteiger partial charge on any atom is -0.290 e. The molecule has 2 heterocycles. The molecule has 1 N–H and O–H groups in total. The van der Waals surface area contributed by atoms with Crippen molar-refractivity contribution in [3.05, 3.63) is 46.5 Å². The van der Waals surface area contributed by atoms with Crippen molar-refractivity contribution in [2.75, 3.05) is 5.32 Å². The summed E-state index contributed by atoms with van der Waals surface area (Å²) in [5.41, 5.74) is 0.284. The lowest BCUT2D eigenvalue weighted by molar-refractivity contribution is 0.102. The quantitative estimate of drug-likeness (QED) is 0.850. The van der Waals surface area contributed by atoms with E-state index in [4.69, 9.17) is 23.2 Å². The Balaban J connectivity index is 2.18. The number of hydrogen-bond donors (Lipinski definition) is 1. The molecule has 0 saturated carbocycles. The molecule has 2 aromatic heterocycles. The predicted octanol–water partition coefficient (Wildman–Crippen LogP) is 2.43. The summed E-state index contributed by atoms with van der Waals surface area (Å²) in [5.74, 6) is -0.189. The van der Waals surface area contributed by atoms with E-state index < -0.39 is 5.91 Å². The van der Waals surface area contributed by atoms with Crippen molar-refractivity contribution in [1.29, 1.82) is 0 Å². The van der Waals surface area contributed by atoms with Crippen LogP contribution in [0.3, 0.4) is 0 Å². The first-order chi connectivity index (χ1) is 8.16. The molecular formula is C10H6Cl2N4O. The zero-order chi connectivity index (χ0) is 12.3. The molecule has 0 radical (unpaired) electrons. The Hall–Kier alpha value is -1.72. The Kier molecular flexibility index (Phi) is 3.51. The molecule has 0 bridgehead atoms. The summed E-state index contributed by atoms with van der Waals surface area (Å²) in [6, 6.07) is 3.07. The molecule has 7 heteroatoms. The van der Waals surface area contributed by atoms with Gasteiger partial charge in [0.25, 0.3) is 5.91 Å². The number of nitrogens with zero attached hydrogens (tertiary/aromatic N) is 3. The Morgan fingerprint density at radius 1 is 1.18 bits per heavy atom. The Labute approximate surface area is 107 Å². The van der Waals surface area contributed by atoms with E-state index in [0.717, 1.165) is 0 Å². The second-order valence-corrected chi connectivity index (χ2v) is 3.79. The highest BCUT2D eigenvalue weighted by Gasteiger charge is 2.10. The molecule has 0 saturated heterocycles. The second-order valence-electron chi connectivity index (χ2n) is 3.02. The van der Waals surface area contributed by atoms with Crippen molar-refractivity contribution in [3.63, 3.8) is 0 Å². The molecule has 2 aromatic rings.